The van der Waals surface area contributed by atoms with Crippen molar-refractivity contribution in [3.8, 4) is 17.1 Å². The van der Waals surface area contributed by atoms with Crippen molar-refractivity contribution in [3.63, 3.8) is 0 Å². The Labute approximate surface area is 163 Å². The van der Waals surface area contributed by atoms with Crippen LogP contribution >= 0.6 is 0 Å². The molecule has 1 fully saturated rings. The summed E-state index contributed by atoms with van der Waals surface area (Å²) in [5.74, 6) is 3.18. The number of anilines is 1. The van der Waals surface area contributed by atoms with Gasteiger partial charge in [-0.2, -0.15) is 0 Å². The second-order valence-corrected chi connectivity index (χ2v) is 6.73. The van der Waals surface area contributed by atoms with Crippen LogP contribution in [-0.4, -0.2) is 60.0 Å². The lowest BCUT2D eigenvalue weighted by molar-refractivity contribution is 0.0986. The molecule has 3 heterocycles. The summed E-state index contributed by atoms with van der Waals surface area (Å²) in [6.07, 6.45) is 0. The van der Waals surface area contributed by atoms with E-state index in [2.05, 4.69) is 27.9 Å². The predicted octanol–water partition coefficient (Wildman–Crippen LogP) is 3.46. The highest BCUT2D eigenvalue weighted by Crippen LogP contribution is 2.30. The smallest absolute Gasteiger partial charge is 0.183 e. The number of aromatic nitrogens is 4. The number of alkyl halides is 1. The molecule has 1 saturated heterocycles. The Balaban J connectivity index is 0.00000109. The highest BCUT2D eigenvalue weighted by molar-refractivity contribution is 5.86. The van der Waals surface area contributed by atoms with Crippen LogP contribution in [0, 0.1) is 13.8 Å². The average molecular weight is 387 g/mol. The minimum Gasteiger partial charge on any atom is -0.497 e. The van der Waals surface area contributed by atoms with E-state index in [1.807, 2.05) is 26.0 Å². The maximum absolute atomic E-state index is 9.50. The van der Waals surface area contributed by atoms with Gasteiger partial charge in [0.1, 0.15) is 22.9 Å². The first kappa shape index (κ1) is 20.0. The predicted molar refractivity (Wildman–Crippen MR) is 108 cm³/mol. The molecule has 0 aliphatic carbocycles. The zero-order valence-electron chi connectivity index (χ0n) is 16.9. The van der Waals surface area contributed by atoms with Gasteiger partial charge in [0.05, 0.1) is 33.5 Å². The molecule has 1 atom stereocenters. The van der Waals surface area contributed by atoms with Crippen LogP contribution in [-0.2, 0) is 4.74 Å². The van der Waals surface area contributed by atoms with Crippen LogP contribution in [0.15, 0.2) is 18.2 Å². The number of rotatable bonds is 3. The Hall–Kier alpha value is -2.74. The van der Waals surface area contributed by atoms with Crippen LogP contribution in [0.3, 0.4) is 0 Å². The van der Waals surface area contributed by atoms with E-state index in [4.69, 9.17) is 19.4 Å². The number of hydrogen-bond acceptors (Lipinski definition) is 6. The highest BCUT2D eigenvalue weighted by atomic mass is 19.1. The molecule has 0 unspecified atom stereocenters. The zero-order valence-corrected chi connectivity index (χ0v) is 16.9. The van der Waals surface area contributed by atoms with Gasteiger partial charge in [0.2, 0.25) is 0 Å². The number of halogens is 1. The molecule has 4 rings (SSSR count). The Bertz CT molecular complexity index is 959. The lowest BCUT2D eigenvalue weighted by atomic mass is 10.1. The molecule has 150 valence electrons. The first-order valence-corrected chi connectivity index (χ1v) is 9.18. The molecule has 3 aromatic rings. The molecular weight excluding hydrogens is 361 g/mol. The maximum atomic E-state index is 9.50. The number of methoxy groups -OCH3 is 1. The minimum absolute atomic E-state index is 0.257. The number of aryl methyl sites for hydroxylation is 2. The van der Waals surface area contributed by atoms with Crippen molar-refractivity contribution in [2.24, 2.45) is 0 Å². The van der Waals surface area contributed by atoms with Crippen LogP contribution < -0.4 is 9.64 Å². The van der Waals surface area contributed by atoms with E-state index < -0.39 is 0 Å². The lowest BCUT2D eigenvalue weighted by Gasteiger charge is -2.34. The summed E-state index contributed by atoms with van der Waals surface area (Å²) in [5, 5.41) is 0. The number of hydrogen-bond donors (Lipinski definition) is 1. The van der Waals surface area contributed by atoms with E-state index in [-0.39, 0.29) is 6.04 Å². The maximum Gasteiger partial charge on any atom is 0.183 e. The third kappa shape index (κ3) is 3.91. The Morgan fingerprint density at radius 1 is 1.18 bits per heavy atom. The van der Waals surface area contributed by atoms with Crippen molar-refractivity contribution in [1.29, 1.82) is 0 Å². The Morgan fingerprint density at radius 2 is 1.96 bits per heavy atom. The number of fused-ring (bicyclic) bond motifs is 1. The summed E-state index contributed by atoms with van der Waals surface area (Å²) < 4.78 is 20.5. The minimum atomic E-state index is 0.257. The van der Waals surface area contributed by atoms with Gasteiger partial charge < -0.3 is 19.4 Å². The fourth-order valence-corrected chi connectivity index (χ4v) is 3.38. The van der Waals surface area contributed by atoms with Crippen molar-refractivity contribution in [2.45, 2.75) is 26.8 Å². The number of morpholine rings is 1. The molecule has 2 aromatic heterocycles. The van der Waals surface area contributed by atoms with Crippen molar-refractivity contribution >= 4 is 17.0 Å². The summed E-state index contributed by atoms with van der Waals surface area (Å²) in [7, 11) is 2.17. The van der Waals surface area contributed by atoms with Gasteiger partial charge in [-0.25, -0.2) is 15.0 Å². The SMILES string of the molecule is CF.COc1cc(C)cc(-c2nc3nc(C)nc(N4CCOC[C@@H]4C)c3[nH]2)c1. The van der Waals surface area contributed by atoms with Crippen LogP contribution in [0.2, 0.25) is 0 Å². The molecule has 1 aromatic carbocycles. The first-order chi connectivity index (χ1) is 13.5. The van der Waals surface area contributed by atoms with E-state index in [1.54, 1.807) is 7.11 Å². The van der Waals surface area contributed by atoms with E-state index in [0.29, 0.717) is 31.9 Å². The molecule has 0 radical (unpaired) electrons. The van der Waals surface area contributed by atoms with Gasteiger partial charge in [-0.3, -0.25) is 4.39 Å². The number of imidazole rings is 1. The molecule has 1 aliphatic heterocycles. The van der Waals surface area contributed by atoms with Crippen LogP contribution in [0.25, 0.3) is 22.6 Å². The first-order valence-electron chi connectivity index (χ1n) is 9.18. The molecule has 1 N–H and O–H groups in total. The second kappa shape index (κ2) is 8.52. The fourth-order valence-electron chi connectivity index (χ4n) is 3.38. The molecule has 0 saturated carbocycles. The van der Waals surface area contributed by atoms with Gasteiger partial charge in [0.25, 0.3) is 0 Å². The average Bonchev–Trinajstić information content (AvgIpc) is 3.13. The summed E-state index contributed by atoms with van der Waals surface area (Å²) >= 11 is 0. The molecular formula is C20H26FN5O2. The Morgan fingerprint density at radius 3 is 2.68 bits per heavy atom. The van der Waals surface area contributed by atoms with E-state index >= 15 is 0 Å². The summed E-state index contributed by atoms with van der Waals surface area (Å²) in [5.41, 5.74) is 3.63. The molecule has 8 heteroatoms. The highest BCUT2D eigenvalue weighted by Gasteiger charge is 2.24. The van der Waals surface area contributed by atoms with Crippen molar-refractivity contribution in [2.75, 3.05) is 38.9 Å². The van der Waals surface area contributed by atoms with Gasteiger partial charge in [-0.05, 0) is 44.5 Å². The number of H-pyrrole nitrogens is 1. The molecule has 1 aliphatic rings. The van der Waals surface area contributed by atoms with Crippen LogP contribution in [0.5, 0.6) is 5.75 Å². The molecule has 0 bridgehead atoms. The Kier molecular flexibility index (Phi) is 6.08. The standard InChI is InChI=1S/C19H23N5O2.CH3F/c1-11-7-14(9-15(8-11)25-4)17-22-16-18(23-17)20-13(3)21-19(16)24-5-6-26-10-12(24)2;1-2/h7-9,12H,5-6,10H2,1-4H3,(H,20,21,22,23);1H3/t12-;/m0./s1. The molecule has 0 amide bonds. The number of benzene rings is 1. The number of ether oxygens (including phenoxy) is 2. The van der Waals surface area contributed by atoms with Crippen LogP contribution in [0.1, 0.15) is 18.3 Å². The summed E-state index contributed by atoms with van der Waals surface area (Å²) in [6, 6.07) is 6.31. The van der Waals surface area contributed by atoms with Crippen molar-refractivity contribution in [1.82, 2.24) is 19.9 Å². The third-order valence-corrected chi connectivity index (χ3v) is 4.64. The van der Waals surface area contributed by atoms with Gasteiger partial charge in [0, 0.05) is 12.1 Å². The second-order valence-electron chi connectivity index (χ2n) is 6.73. The van der Waals surface area contributed by atoms with E-state index in [0.717, 1.165) is 40.6 Å². The monoisotopic (exact) mass is 387 g/mol. The topological polar surface area (TPSA) is 76.2 Å². The normalized spacial score (nSPS) is 16.6. The van der Waals surface area contributed by atoms with Gasteiger partial charge in [0.15, 0.2) is 11.5 Å². The zero-order chi connectivity index (χ0) is 20.3. The van der Waals surface area contributed by atoms with Crippen molar-refractivity contribution < 1.29 is 13.9 Å². The van der Waals surface area contributed by atoms with Crippen LogP contribution in [0.4, 0.5) is 10.2 Å². The quantitative estimate of drug-likeness (QED) is 0.742. The molecule has 0 spiro atoms. The largest absolute Gasteiger partial charge is 0.497 e. The summed E-state index contributed by atoms with van der Waals surface area (Å²) in [6.45, 7) is 8.29. The number of aromatic amines is 1. The molecule has 28 heavy (non-hydrogen) atoms. The molecule has 7 nitrogen and oxygen atoms in total. The van der Waals surface area contributed by atoms with Gasteiger partial charge in [-0.15, -0.1) is 0 Å². The number of nitrogens with zero attached hydrogens (tertiary/aromatic N) is 4. The fraction of sp³-hybridized carbons (Fsp3) is 0.450. The van der Waals surface area contributed by atoms with E-state index in [9.17, 15) is 4.39 Å². The third-order valence-electron chi connectivity index (χ3n) is 4.64. The lowest BCUT2D eigenvalue weighted by Crippen LogP contribution is -2.44. The van der Waals surface area contributed by atoms with E-state index in [1.165, 1.54) is 0 Å². The number of nitrogens with one attached hydrogen (secondary N) is 1. The van der Waals surface area contributed by atoms with Gasteiger partial charge >= 0.3 is 0 Å². The van der Waals surface area contributed by atoms with Crippen molar-refractivity contribution in [3.05, 3.63) is 29.6 Å². The summed E-state index contributed by atoms with van der Waals surface area (Å²) in [4.78, 5) is 19.6. The van der Waals surface area contributed by atoms with Gasteiger partial charge in [-0.1, -0.05) is 0 Å².